The van der Waals surface area contributed by atoms with Gasteiger partial charge in [-0.2, -0.15) is 8.78 Å². The highest BCUT2D eigenvalue weighted by molar-refractivity contribution is 6.00. The van der Waals surface area contributed by atoms with E-state index in [2.05, 4.69) is 10.6 Å². The van der Waals surface area contributed by atoms with Crippen LogP contribution in [-0.4, -0.2) is 50.7 Å². The van der Waals surface area contributed by atoms with E-state index in [9.17, 15) is 18.0 Å². The molecule has 0 heterocycles. The van der Waals surface area contributed by atoms with E-state index in [0.717, 1.165) is 12.8 Å². The lowest BCUT2D eigenvalue weighted by Gasteiger charge is -2.28. The third-order valence-electron chi connectivity index (χ3n) is 5.07. The van der Waals surface area contributed by atoms with Crippen molar-refractivity contribution < 1.29 is 27.4 Å². The molecule has 33 heavy (non-hydrogen) atoms. The monoisotopic (exact) mass is 470 g/mol. The molecule has 1 aliphatic rings. The number of alkyl halides is 2. The Morgan fingerprint density at radius 2 is 2.00 bits per heavy atom. The number of rotatable bonds is 13. The Labute approximate surface area is 192 Å². The Hall–Kier alpha value is -2.88. The summed E-state index contributed by atoms with van der Waals surface area (Å²) < 4.78 is 50.9. The number of ether oxygens (including phenoxy) is 2. The second-order valence-electron chi connectivity index (χ2n) is 7.92. The minimum Gasteiger partial charge on any atom is -0.496 e. The van der Waals surface area contributed by atoms with Gasteiger partial charge in [-0.1, -0.05) is 13.8 Å². The molecule has 1 aromatic rings. The Morgan fingerprint density at radius 3 is 2.52 bits per heavy atom. The van der Waals surface area contributed by atoms with Crippen LogP contribution in [0.15, 0.2) is 30.4 Å². The number of nitrogens with one attached hydrogen (secondary N) is 2. The maximum absolute atomic E-state index is 14.3. The van der Waals surface area contributed by atoms with Crippen molar-refractivity contribution in [2.75, 3.05) is 27.2 Å². The smallest absolute Gasteiger partial charge is 0.387 e. The van der Waals surface area contributed by atoms with E-state index in [0.29, 0.717) is 24.4 Å². The van der Waals surface area contributed by atoms with Crippen LogP contribution in [-0.2, 0) is 0 Å². The predicted molar refractivity (Wildman–Crippen MR) is 122 cm³/mol. The molecule has 1 fully saturated rings. The van der Waals surface area contributed by atoms with Crippen molar-refractivity contribution in [1.82, 2.24) is 15.5 Å². The Balaban J connectivity index is 2.62. The van der Waals surface area contributed by atoms with Gasteiger partial charge in [0.15, 0.2) is 0 Å². The topological polar surface area (TPSA) is 88.9 Å². The molecule has 1 unspecified atom stereocenters. The molecule has 2 rings (SSSR count). The van der Waals surface area contributed by atoms with Gasteiger partial charge in [-0.3, -0.25) is 4.79 Å². The largest absolute Gasteiger partial charge is 0.496 e. The number of nitrogens with two attached hydrogens (primary N) is 1. The van der Waals surface area contributed by atoms with Gasteiger partial charge in [-0.15, -0.1) is 0 Å². The lowest BCUT2D eigenvalue weighted by molar-refractivity contribution is -0.0502. The van der Waals surface area contributed by atoms with Gasteiger partial charge in [0.1, 0.15) is 22.9 Å². The first-order valence-corrected chi connectivity index (χ1v) is 10.9. The zero-order valence-corrected chi connectivity index (χ0v) is 19.5. The quantitative estimate of drug-likeness (QED) is 0.406. The molecule has 10 heteroatoms. The molecule has 4 N–H and O–H groups in total. The van der Waals surface area contributed by atoms with E-state index in [-0.39, 0.29) is 41.3 Å². The number of carbonyl (C=O) groups excluding carboxylic acids is 1. The molecule has 1 atom stereocenters. The molecule has 1 aromatic carbocycles. The molecule has 0 spiro atoms. The average Bonchev–Trinajstić information content (AvgIpc) is 3.59. The highest BCUT2D eigenvalue weighted by Gasteiger charge is 2.29. The van der Waals surface area contributed by atoms with Crippen LogP contribution in [0.3, 0.4) is 0 Å². The van der Waals surface area contributed by atoms with Crippen LogP contribution < -0.4 is 25.8 Å². The summed E-state index contributed by atoms with van der Waals surface area (Å²) in [5.41, 5.74) is 6.52. The highest BCUT2D eigenvalue weighted by atomic mass is 19.3. The molecule has 0 bridgehead atoms. The Morgan fingerprint density at radius 1 is 1.33 bits per heavy atom. The summed E-state index contributed by atoms with van der Waals surface area (Å²) in [6.45, 7) is 1.19. The van der Waals surface area contributed by atoms with Gasteiger partial charge in [0, 0.05) is 37.6 Å². The van der Waals surface area contributed by atoms with Crippen LogP contribution in [0, 0.1) is 5.92 Å². The van der Waals surface area contributed by atoms with E-state index in [4.69, 9.17) is 15.2 Å². The highest BCUT2D eigenvalue weighted by Crippen LogP contribution is 2.36. The van der Waals surface area contributed by atoms with Crippen LogP contribution in [0.25, 0.3) is 5.70 Å². The van der Waals surface area contributed by atoms with Crippen molar-refractivity contribution in [1.29, 1.82) is 0 Å². The van der Waals surface area contributed by atoms with Crippen molar-refractivity contribution in [3.63, 3.8) is 0 Å². The number of hydrogen-bond acceptors (Lipinski definition) is 6. The zero-order chi connectivity index (χ0) is 24.5. The van der Waals surface area contributed by atoms with Gasteiger partial charge >= 0.3 is 6.61 Å². The van der Waals surface area contributed by atoms with Crippen LogP contribution in [0.1, 0.15) is 49.0 Å². The number of benzene rings is 1. The third-order valence-corrected chi connectivity index (χ3v) is 5.07. The first kappa shape index (κ1) is 26.4. The molecule has 0 saturated heterocycles. The molecule has 184 valence electrons. The van der Waals surface area contributed by atoms with Gasteiger partial charge in [-0.05, 0) is 43.9 Å². The summed E-state index contributed by atoms with van der Waals surface area (Å²) in [5, 5.41) is 5.67. The van der Waals surface area contributed by atoms with E-state index in [1.165, 1.54) is 19.4 Å². The van der Waals surface area contributed by atoms with E-state index in [1.54, 1.807) is 31.1 Å². The van der Waals surface area contributed by atoms with Crippen LogP contribution in [0.5, 0.6) is 11.5 Å². The fraction of sp³-hybridized carbons (Fsp3) is 0.522. The number of amides is 1. The molecular formula is C23H33F3N4O3. The minimum absolute atomic E-state index is 0.00781. The van der Waals surface area contributed by atoms with Crippen molar-refractivity contribution in [2.45, 2.75) is 45.8 Å². The van der Waals surface area contributed by atoms with Gasteiger partial charge in [0.05, 0.1) is 12.8 Å². The summed E-state index contributed by atoms with van der Waals surface area (Å²) >= 11 is 0. The molecule has 0 aliphatic heterocycles. The summed E-state index contributed by atoms with van der Waals surface area (Å²) in [6.07, 6.45) is 4.80. The second kappa shape index (κ2) is 12.4. The summed E-state index contributed by atoms with van der Waals surface area (Å²) in [4.78, 5) is 14.4. The van der Waals surface area contributed by atoms with E-state index < -0.39 is 12.5 Å². The number of halogens is 3. The first-order valence-electron chi connectivity index (χ1n) is 10.9. The molecule has 7 nitrogen and oxygen atoms in total. The summed E-state index contributed by atoms with van der Waals surface area (Å²) in [5.74, 6) is -1.17. The summed E-state index contributed by atoms with van der Waals surface area (Å²) in [6, 6.07) is 2.88. The standard InChI is InChI=1S/C23H33F3N4O3/c1-5-16(24)13-30(12-14(2)10-27)18(11-28-3)15-8-19(32-4)21(20(9-15)33-23(25)26)22(31)29-17-6-7-17/h8-9,11,13-14,17,23,28H,5-7,10,12,27H2,1-4H3,(H,29,31)/b16-13+,18-11-. The lowest BCUT2D eigenvalue weighted by atomic mass is 10.0. The minimum atomic E-state index is -3.15. The number of allylic oxidation sites excluding steroid dienone is 1. The predicted octanol–water partition coefficient (Wildman–Crippen LogP) is 3.82. The Bertz CT molecular complexity index is 873. The maximum Gasteiger partial charge on any atom is 0.387 e. The first-order chi connectivity index (χ1) is 15.7. The van der Waals surface area contributed by atoms with Gasteiger partial charge in [0.25, 0.3) is 5.91 Å². The maximum atomic E-state index is 14.3. The van der Waals surface area contributed by atoms with Gasteiger partial charge in [0.2, 0.25) is 0 Å². The second-order valence-corrected chi connectivity index (χ2v) is 7.92. The number of methoxy groups -OCH3 is 1. The third kappa shape index (κ3) is 7.59. The fourth-order valence-corrected chi connectivity index (χ4v) is 3.16. The Kier molecular flexibility index (Phi) is 9.90. The normalized spacial score (nSPS) is 15.3. The van der Waals surface area contributed by atoms with Crippen molar-refractivity contribution in [3.05, 3.63) is 41.5 Å². The average molecular weight is 471 g/mol. The van der Waals surface area contributed by atoms with Crippen molar-refractivity contribution in [3.8, 4) is 11.5 Å². The number of hydrogen-bond donors (Lipinski definition) is 3. The molecule has 1 amide bonds. The van der Waals surface area contributed by atoms with E-state index in [1.807, 2.05) is 6.92 Å². The fourth-order valence-electron chi connectivity index (χ4n) is 3.16. The molecule has 0 aromatic heterocycles. The molecule has 0 radical (unpaired) electrons. The van der Waals surface area contributed by atoms with Crippen LogP contribution >= 0.6 is 0 Å². The van der Waals surface area contributed by atoms with Crippen molar-refractivity contribution in [2.24, 2.45) is 11.7 Å². The SMILES string of the molecule is CC/C(F)=C\N(CC(C)CN)/C(=C\NC)c1cc(OC)c(C(=O)NC2CC2)c(OC(F)F)c1. The van der Waals surface area contributed by atoms with Crippen molar-refractivity contribution >= 4 is 11.6 Å². The van der Waals surface area contributed by atoms with Crippen LogP contribution in [0.4, 0.5) is 13.2 Å². The zero-order valence-electron chi connectivity index (χ0n) is 19.5. The molecule has 1 aliphatic carbocycles. The number of carbonyl (C=O) groups is 1. The number of nitrogens with zero attached hydrogens (tertiary/aromatic N) is 1. The molecule has 1 saturated carbocycles. The van der Waals surface area contributed by atoms with Gasteiger partial charge < -0.3 is 30.7 Å². The summed E-state index contributed by atoms with van der Waals surface area (Å²) in [7, 11) is 3.00. The van der Waals surface area contributed by atoms with Crippen LogP contribution in [0.2, 0.25) is 0 Å². The lowest BCUT2D eigenvalue weighted by Crippen LogP contribution is -2.28. The van der Waals surface area contributed by atoms with Gasteiger partial charge in [-0.25, -0.2) is 4.39 Å². The molecular weight excluding hydrogens is 437 g/mol. The van der Waals surface area contributed by atoms with E-state index >= 15 is 0 Å².